The Morgan fingerprint density at radius 2 is 2.03 bits per heavy atom. The van der Waals surface area contributed by atoms with Gasteiger partial charge < -0.3 is 24.8 Å². The Hall–Kier alpha value is -1.83. The van der Waals surface area contributed by atoms with Crippen LogP contribution in [0.4, 0.5) is 0 Å². The Kier molecular flexibility index (Phi) is 8.78. The van der Waals surface area contributed by atoms with Crippen LogP contribution in [0, 0.1) is 6.92 Å². The minimum absolute atomic E-state index is 0.147. The molecule has 30 heavy (non-hydrogen) atoms. The van der Waals surface area contributed by atoms with E-state index >= 15 is 0 Å². The average molecular weight is 419 g/mol. The first kappa shape index (κ1) is 22.8. The third-order valence-corrected chi connectivity index (χ3v) is 5.51. The van der Waals surface area contributed by atoms with Crippen LogP contribution in [0.1, 0.15) is 37.8 Å². The molecule has 2 fully saturated rings. The summed E-state index contributed by atoms with van der Waals surface area (Å²) in [5.41, 5.74) is 2.33. The summed E-state index contributed by atoms with van der Waals surface area (Å²) in [6, 6.07) is 6.35. The van der Waals surface area contributed by atoms with Gasteiger partial charge in [-0.2, -0.15) is 0 Å². The fraction of sp³-hybridized carbons (Fsp3) is 0.696. The molecule has 3 rings (SSSR count). The molecule has 2 aliphatic rings. The summed E-state index contributed by atoms with van der Waals surface area (Å²) in [7, 11) is 1.81. The number of aryl methyl sites for hydroxylation is 1. The molecule has 3 unspecified atom stereocenters. The highest BCUT2D eigenvalue weighted by Gasteiger charge is 2.21. The van der Waals surface area contributed by atoms with Gasteiger partial charge in [0.15, 0.2) is 5.96 Å². The smallest absolute Gasteiger partial charge is 0.191 e. The molecule has 1 aromatic carbocycles. The van der Waals surface area contributed by atoms with Crippen LogP contribution in [-0.4, -0.2) is 75.6 Å². The Morgan fingerprint density at radius 1 is 1.23 bits per heavy atom. The Balaban J connectivity index is 1.43. The van der Waals surface area contributed by atoms with Crippen LogP contribution in [0.25, 0.3) is 0 Å². The number of nitrogens with one attached hydrogen (secondary N) is 2. The largest absolute Gasteiger partial charge is 0.488 e. The van der Waals surface area contributed by atoms with Gasteiger partial charge in [-0.05, 0) is 38.8 Å². The quantitative estimate of drug-likeness (QED) is 0.384. The number of hydrogen-bond acceptors (Lipinski definition) is 5. The highest BCUT2D eigenvalue weighted by Crippen LogP contribution is 2.23. The zero-order valence-corrected chi connectivity index (χ0v) is 18.9. The zero-order valence-electron chi connectivity index (χ0n) is 18.9. The molecule has 1 aromatic rings. The first-order valence-corrected chi connectivity index (χ1v) is 11.2. The van der Waals surface area contributed by atoms with E-state index in [4.69, 9.17) is 14.2 Å². The van der Waals surface area contributed by atoms with E-state index < -0.39 is 0 Å². The summed E-state index contributed by atoms with van der Waals surface area (Å²) < 4.78 is 17.4. The molecule has 2 heterocycles. The topological polar surface area (TPSA) is 67.4 Å². The molecule has 0 amide bonds. The molecule has 0 aromatic heterocycles. The van der Waals surface area contributed by atoms with Crippen molar-refractivity contribution in [2.24, 2.45) is 4.99 Å². The van der Waals surface area contributed by atoms with Crippen molar-refractivity contribution in [2.75, 3.05) is 46.4 Å². The van der Waals surface area contributed by atoms with Crippen LogP contribution in [0.15, 0.2) is 23.2 Å². The van der Waals surface area contributed by atoms with Crippen LogP contribution in [-0.2, 0) is 16.0 Å². The first-order chi connectivity index (χ1) is 14.5. The van der Waals surface area contributed by atoms with Crippen LogP contribution in [0.5, 0.6) is 5.75 Å². The number of hydrogen-bond donors (Lipinski definition) is 2. The van der Waals surface area contributed by atoms with Crippen LogP contribution in [0.3, 0.4) is 0 Å². The molecule has 0 saturated carbocycles. The van der Waals surface area contributed by atoms with Gasteiger partial charge in [-0.15, -0.1) is 0 Å². The number of aliphatic imine (C=N–C) groups is 1. The Bertz CT molecular complexity index is 681. The van der Waals surface area contributed by atoms with Crippen LogP contribution in [0.2, 0.25) is 0 Å². The average Bonchev–Trinajstić information content (AvgIpc) is 3.21. The predicted molar refractivity (Wildman–Crippen MR) is 120 cm³/mol. The van der Waals surface area contributed by atoms with Gasteiger partial charge in [0.2, 0.25) is 0 Å². The molecule has 0 aliphatic carbocycles. The second kappa shape index (κ2) is 11.5. The van der Waals surface area contributed by atoms with E-state index in [1.165, 1.54) is 5.56 Å². The minimum atomic E-state index is 0.147. The van der Waals surface area contributed by atoms with E-state index in [9.17, 15) is 0 Å². The van der Waals surface area contributed by atoms with Crippen molar-refractivity contribution in [3.05, 3.63) is 29.3 Å². The number of benzene rings is 1. The molecule has 2 N–H and O–H groups in total. The fourth-order valence-corrected chi connectivity index (χ4v) is 4.08. The molecule has 2 aliphatic heterocycles. The van der Waals surface area contributed by atoms with Crippen molar-refractivity contribution in [2.45, 2.75) is 58.5 Å². The number of ether oxygens (including phenoxy) is 3. The lowest BCUT2D eigenvalue weighted by Crippen LogP contribution is -2.46. The Morgan fingerprint density at radius 3 is 2.73 bits per heavy atom. The van der Waals surface area contributed by atoms with Crippen molar-refractivity contribution < 1.29 is 14.2 Å². The molecular weight excluding hydrogens is 380 g/mol. The van der Waals surface area contributed by atoms with E-state index in [2.05, 4.69) is 59.5 Å². The monoisotopic (exact) mass is 418 g/mol. The molecule has 7 heteroatoms. The maximum absolute atomic E-state index is 6.20. The van der Waals surface area contributed by atoms with E-state index in [1.54, 1.807) is 0 Å². The van der Waals surface area contributed by atoms with Crippen LogP contribution >= 0.6 is 0 Å². The summed E-state index contributed by atoms with van der Waals surface area (Å²) in [6.45, 7) is 12.5. The van der Waals surface area contributed by atoms with E-state index in [0.29, 0.717) is 25.4 Å². The minimum Gasteiger partial charge on any atom is -0.488 e. The van der Waals surface area contributed by atoms with E-state index in [1.807, 2.05) is 7.05 Å². The number of nitrogens with zero attached hydrogens (tertiary/aromatic N) is 2. The van der Waals surface area contributed by atoms with Gasteiger partial charge >= 0.3 is 0 Å². The number of guanidine groups is 1. The molecule has 0 spiro atoms. The highest BCUT2D eigenvalue weighted by molar-refractivity contribution is 5.79. The molecule has 0 bridgehead atoms. The maximum Gasteiger partial charge on any atom is 0.191 e. The van der Waals surface area contributed by atoms with Crippen LogP contribution < -0.4 is 15.4 Å². The van der Waals surface area contributed by atoms with Gasteiger partial charge in [0.05, 0.1) is 25.4 Å². The van der Waals surface area contributed by atoms with E-state index in [-0.39, 0.29) is 6.10 Å². The fourth-order valence-electron chi connectivity index (χ4n) is 4.08. The van der Waals surface area contributed by atoms with Crippen molar-refractivity contribution >= 4 is 5.96 Å². The SMILES string of the molecule is CN=C(NCCCN1CC(C)OC(C)C1)NCc1ccc(C)cc1OC1CCOC1. The second-order valence-electron chi connectivity index (χ2n) is 8.44. The predicted octanol–water partition coefficient (Wildman–Crippen LogP) is 2.33. The summed E-state index contributed by atoms with van der Waals surface area (Å²) in [6.07, 6.45) is 2.80. The molecule has 168 valence electrons. The maximum atomic E-state index is 6.20. The number of rotatable bonds is 8. The van der Waals surface area contributed by atoms with Gasteiger partial charge in [0.25, 0.3) is 0 Å². The lowest BCUT2D eigenvalue weighted by molar-refractivity contribution is -0.0679. The van der Waals surface area contributed by atoms with Crippen molar-refractivity contribution in [1.82, 2.24) is 15.5 Å². The number of morpholine rings is 1. The van der Waals surface area contributed by atoms with Gasteiger partial charge in [-0.1, -0.05) is 12.1 Å². The summed E-state index contributed by atoms with van der Waals surface area (Å²) >= 11 is 0. The van der Waals surface area contributed by atoms with Crippen molar-refractivity contribution in [3.8, 4) is 5.75 Å². The third-order valence-electron chi connectivity index (χ3n) is 5.51. The zero-order chi connectivity index (χ0) is 21.3. The second-order valence-corrected chi connectivity index (χ2v) is 8.44. The summed E-state index contributed by atoms with van der Waals surface area (Å²) in [4.78, 5) is 6.85. The standard InChI is InChI=1S/C23H38N4O3/c1-17-6-7-20(22(12-17)30-21-8-11-28-16-21)13-26-23(24-4)25-9-5-10-27-14-18(2)29-19(3)15-27/h6-7,12,18-19,21H,5,8-11,13-16H2,1-4H3,(H2,24,25,26). The third kappa shape index (κ3) is 7.15. The summed E-state index contributed by atoms with van der Waals surface area (Å²) in [5, 5.41) is 6.84. The molecule has 0 radical (unpaired) electrons. The molecular formula is C23H38N4O3. The summed E-state index contributed by atoms with van der Waals surface area (Å²) in [5.74, 6) is 1.75. The first-order valence-electron chi connectivity index (χ1n) is 11.2. The lowest BCUT2D eigenvalue weighted by Gasteiger charge is -2.35. The Labute approximate surface area is 181 Å². The van der Waals surface area contributed by atoms with Crippen molar-refractivity contribution in [3.63, 3.8) is 0 Å². The van der Waals surface area contributed by atoms with Crippen molar-refractivity contribution in [1.29, 1.82) is 0 Å². The van der Waals surface area contributed by atoms with E-state index in [0.717, 1.165) is 62.9 Å². The van der Waals surface area contributed by atoms with Gasteiger partial charge in [0, 0.05) is 51.8 Å². The normalized spacial score (nSPS) is 25.3. The highest BCUT2D eigenvalue weighted by atomic mass is 16.5. The molecule has 7 nitrogen and oxygen atoms in total. The molecule has 3 atom stereocenters. The van der Waals surface area contributed by atoms with Gasteiger partial charge in [-0.25, -0.2) is 0 Å². The lowest BCUT2D eigenvalue weighted by atomic mass is 10.1. The van der Waals surface area contributed by atoms with Gasteiger partial charge in [-0.3, -0.25) is 9.89 Å². The van der Waals surface area contributed by atoms with Gasteiger partial charge in [0.1, 0.15) is 11.9 Å². The molecule has 2 saturated heterocycles.